The molecule has 1 saturated heterocycles. The van der Waals surface area contributed by atoms with Crippen LogP contribution in [0.3, 0.4) is 0 Å². The van der Waals surface area contributed by atoms with Gasteiger partial charge in [-0.2, -0.15) is 5.10 Å². The maximum atomic E-state index is 5.66. The van der Waals surface area contributed by atoms with Crippen LogP contribution in [0.2, 0.25) is 0 Å². The van der Waals surface area contributed by atoms with Gasteiger partial charge in [0.1, 0.15) is 4.99 Å². The Morgan fingerprint density at radius 3 is 2.73 bits per heavy atom. The van der Waals surface area contributed by atoms with Crippen LogP contribution in [0.5, 0.6) is 0 Å². The van der Waals surface area contributed by atoms with Gasteiger partial charge in [-0.1, -0.05) is 12.2 Å². The van der Waals surface area contributed by atoms with Crippen LogP contribution in [0, 0.1) is 0 Å². The Labute approximate surface area is 94.5 Å². The second-order valence-corrected chi connectivity index (χ2v) is 4.12. The minimum atomic E-state index is 0.394. The molecule has 0 spiro atoms. The lowest BCUT2D eigenvalue weighted by atomic mass is 10.1. The van der Waals surface area contributed by atoms with Gasteiger partial charge in [-0.3, -0.25) is 0 Å². The first-order chi connectivity index (χ1) is 7.29. The van der Waals surface area contributed by atoms with Gasteiger partial charge < -0.3 is 10.6 Å². The van der Waals surface area contributed by atoms with Crippen molar-refractivity contribution in [3.05, 3.63) is 17.8 Å². The molecule has 1 aliphatic heterocycles. The van der Waals surface area contributed by atoms with E-state index in [0.717, 1.165) is 24.5 Å². The molecule has 0 unspecified atom stereocenters. The molecule has 1 aromatic rings. The minimum absolute atomic E-state index is 0.394. The van der Waals surface area contributed by atoms with E-state index in [2.05, 4.69) is 15.1 Å². The second-order valence-electron chi connectivity index (χ2n) is 3.68. The molecule has 2 heterocycles. The van der Waals surface area contributed by atoms with Crippen LogP contribution >= 0.6 is 12.2 Å². The largest absolute Gasteiger partial charge is 0.389 e. The molecule has 4 nitrogen and oxygen atoms in total. The second kappa shape index (κ2) is 4.53. The number of hydrogen-bond acceptors (Lipinski definition) is 4. The highest BCUT2D eigenvalue weighted by atomic mass is 32.1. The number of rotatable bonds is 2. The molecule has 15 heavy (non-hydrogen) atoms. The molecule has 0 aromatic carbocycles. The normalized spacial score (nSPS) is 16.4. The molecule has 1 fully saturated rings. The highest BCUT2D eigenvalue weighted by Gasteiger charge is 2.16. The van der Waals surface area contributed by atoms with Crippen LogP contribution in [0.4, 0.5) is 5.82 Å². The molecule has 2 rings (SSSR count). The van der Waals surface area contributed by atoms with E-state index in [0.29, 0.717) is 4.99 Å². The predicted octanol–water partition coefficient (Wildman–Crippen LogP) is 1.10. The summed E-state index contributed by atoms with van der Waals surface area (Å²) in [7, 11) is 0. The number of piperidine rings is 1. The standard InChI is InChI=1S/C10H14N4S/c11-9(15)8-4-5-12-13-10(8)14-6-2-1-3-7-14/h4-5H,1-3,6-7H2,(H2,11,15). The maximum absolute atomic E-state index is 5.66. The zero-order valence-corrected chi connectivity index (χ0v) is 9.33. The molecule has 2 N–H and O–H groups in total. The number of thiocarbonyl (C=S) groups is 1. The van der Waals surface area contributed by atoms with Crippen LogP contribution in [0.25, 0.3) is 0 Å². The molecule has 1 aliphatic rings. The fourth-order valence-corrected chi connectivity index (χ4v) is 2.02. The van der Waals surface area contributed by atoms with Crippen molar-refractivity contribution >= 4 is 23.0 Å². The van der Waals surface area contributed by atoms with Crippen LogP contribution in [0.15, 0.2) is 12.3 Å². The van der Waals surface area contributed by atoms with Crippen LogP contribution in [0.1, 0.15) is 24.8 Å². The summed E-state index contributed by atoms with van der Waals surface area (Å²) in [6.45, 7) is 2.04. The van der Waals surface area contributed by atoms with Crippen molar-refractivity contribution in [2.45, 2.75) is 19.3 Å². The van der Waals surface area contributed by atoms with Gasteiger partial charge in [-0.15, -0.1) is 5.10 Å². The summed E-state index contributed by atoms with van der Waals surface area (Å²) in [4.78, 5) is 2.61. The Hall–Kier alpha value is -1.23. The highest BCUT2D eigenvalue weighted by Crippen LogP contribution is 2.20. The number of nitrogens with zero attached hydrogens (tertiary/aromatic N) is 3. The maximum Gasteiger partial charge on any atom is 0.161 e. The molecule has 0 saturated carbocycles. The SMILES string of the molecule is NC(=S)c1ccnnc1N1CCCCC1. The number of nitrogens with two attached hydrogens (primary N) is 1. The summed E-state index contributed by atoms with van der Waals surface area (Å²) in [5.41, 5.74) is 6.49. The fourth-order valence-electron chi connectivity index (χ4n) is 1.86. The van der Waals surface area contributed by atoms with Gasteiger partial charge in [0.25, 0.3) is 0 Å². The van der Waals surface area contributed by atoms with Crippen molar-refractivity contribution in [1.29, 1.82) is 0 Å². The summed E-state index contributed by atoms with van der Waals surface area (Å²) in [5.74, 6) is 0.838. The molecule has 0 bridgehead atoms. The first-order valence-corrected chi connectivity index (χ1v) is 5.56. The number of hydrogen-bond donors (Lipinski definition) is 1. The third-order valence-corrected chi connectivity index (χ3v) is 2.84. The van der Waals surface area contributed by atoms with Gasteiger partial charge in [0.05, 0.1) is 11.8 Å². The summed E-state index contributed by atoms with van der Waals surface area (Å²) in [6.07, 6.45) is 5.32. The van der Waals surface area contributed by atoms with E-state index in [1.54, 1.807) is 6.20 Å². The molecule has 5 heteroatoms. The van der Waals surface area contributed by atoms with Gasteiger partial charge in [-0.25, -0.2) is 0 Å². The zero-order valence-electron chi connectivity index (χ0n) is 8.52. The lowest BCUT2D eigenvalue weighted by Crippen LogP contribution is -2.32. The van der Waals surface area contributed by atoms with Crippen LogP contribution in [-0.2, 0) is 0 Å². The quantitative estimate of drug-likeness (QED) is 0.759. The van der Waals surface area contributed by atoms with E-state index in [9.17, 15) is 0 Å². The fraction of sp³-hybridized carbons (Fsp3) is 0.500. The van der Waals surface area contributed by atoms with Crippen molar-refractivity contribution < 1.29 is 0 Å². The molecule has 0 radical (unpaired) electrons. The van der Waals surface area contributed by atoms with Gasteiger partial charge in [0.15, 0.2) is 5.82 Å². The average Bonchev–Trinajstić information content (AvgIpc) is 2.30. The van der Waals surface area contributed by atoms with Gasteiger partial charge >= 0.3 is 0 Å². The van der Waals surface area contributed by atoms with Gasteiger partial charge in [0.2, 0.25) is 0 Å². The Morgan fingerprint density at radius 2 is 2.07 bits per heavy atom. The molecule has 0 amide bonds. The lowest BCUT2D eigenvalue weighted by molar-refractivity contribution is 0.571. The monoisotopic (exact) mass is 222 g/mol. The Balaban J connectivity index is 2.29. The highest BCUT2D eigenvalue weighted by molar-refractivity contribution is 7.80. The Kier molecular flexibility index (Phi) is 3.11. The van der Waals surface area contributed by atoms with E-state index in [4.69, 9.17) is 18.0 Å². The van der Waals surface area contributed by atoms with E-state index >= 15 is 0 Å². The van der Waals surface area contributed by atoms with Crippen molar-refractivity contribution in [3.63, 3.8) is 0 Å². The summed E-state index contributed by atoms with van der Waals surface area (Å²) >= 11 is 5.00. The molecule has 1 aromatic heterocycles. The summed E-state index contributed by atoms with van der Waals surface area (Å²) in [6, 6.07) is 1.83. The predicted molar refractivity (Wildman–Crippen MR) is 64.0 cm³/mol. The third kappa shape index (κ3) is 2.23. The lowest BCUT2D eigenvalue weighted by Gasteiger charge is -2.28. The van der Waals surface area contributed by atoms with Crippen molar-refractivity contribution in [2.75, 3.05) is 18.0 Å². The third-order valence-electron chi connectivity index (χ3n) is 2.62. The van der Waals surface area contributed by atoms with Crippen LogP contribution < -0.4 is 10.6 Å². The Morgan fingerprint density at radius 1 is 1.33 bits per heavy atom. The minimum Gasteiger partial charge on any atom is -0.389 e. The van der Waals surface area contributed by atoms with E-state index in [1.807, 2.05) is 6.07 Å². The smallest absolute Gasteiger partial charge is 0.161 e. The zero-order chi connectivity index (χ0) is 10.7. The van der Waals surface area contributed by atoms with Crippen molar-refractivity contribution in [2.24, 2.45) is 5.73 Å². The molecule has 0 atom stereocenters. The van der Waals surface area contributed by atoms with E-state index in [-0.39, 0.29) is 0 Å². The molecular weight excluding hydrogens is 208 g/mol. The topological polar surface area (TPSA) is 55.0 Å². The first-order valence-electron chi connectivity index (χ1n) is 5.15. The molecular formula is C10H14N4S. The summed E-state index contributed by atoms with van der Waals surface area (Å²) in [5, 5.41) is 8.03. The summed E-state index contributed by atoms with van der Waals surface area (Å²) < 4.78 is 0. The van der Waals surface area contributed by atoms with E-state index < -0.39 is 0 Å². The number of anilines is 1. The number of aromatic nitrogens is 2. The molecule has 80 valence electrons. The van der Waals surface area contributed by atoms with Gasteiger partial charge in [-0.05, 0) is 25.3 Å². The van der Waals surface area contributed by atoms with Crippen molar-refractivity contribution in [1.82, 2.24) is 10.2 Å². The van der Waals surface area contributed by atoms with Crippen LogP contribution in [-0.4, -0.2) is 28.3 Å². The van der Waals surface area contributed by atoms with E-state index in [1.165, 1.54) is 19.3 Å². The molecule has 0 aliphatic carbocycles. The van der Waals surface area contributed by atoms with Crippen molar-refractivity contribution in [3.8, 4) is 0 Å². The Bertz CT molecular complexity index is 360. The average molecular weight is 222 g/mol. The van der Waals surface area contributed by atoms with Gasteiger partial charge in [0, 0.05) is 13.1 Å². The first kappa shape index (κ1) is 10.3.